The van der Waals surface area contributed by atoms with Gasteiger partial charge < -0.3 is 15.4 Å². The van der Waals surface area contributed by atoms with Crippen molar-refractivity contribution in [1.82, 2.24) is 10.6 Å². The maximum Gasteiger partial charge on any atom is 0.224 e. The van der Waals surface area contributed by atoms with Gasteiger partial charge in [0.15, 0.2) is 0 Å². The highest BCUT2D eigenvalue weighted by Gasteiger charge is 2.26. The molecule has 0 aromatic heterocycles. The van der Waals surface area contributed by atoms with E-state index in [1.807, 2.05) is 31.2 Å². The Hall–Kier alpha value is -0.810. The first-order chi connectivity index (χ1) is 9.61. The summed E-state index contributed by atoms with van der Waals surface area (Å²) < 4.78 is 5.53. The van der Waals surface area contributed by atoms with Crippen molar-refractivity contribution in [1.29, 1.82) is 0 Å². The van der Waals surface area contributed by atoms with Crippen molar-refractivity contribution in [3.8, 4) is 0 Å². The molecular weight excluding hydrogens is 311 g/mol. The van der Waals surface area contributed by atoms with Gasteiger partial charge in [-0.2, -0.15) is 0 Å². The van der Waals surface area contributed by atoms with Crippen LogP contribution in [0.3, 0.4) is 0 Å². The molecule has 21 heavy (non-hydrogen) atoms. The Kier molecular flexibility index (Phi) is 7.46. The first kappa shape index (κ1) is 18.2. The van der Waals surface area contributed by atoms with E-state index < -0.39 is 0 Å². The van der Waals surface area contributed by atoms with E-state index >= 15 is 0 Å². The molecule has 1 aliphatic heterocycles. The van der Waals surface area contributed by atoms with Crippen molar-refractivity contribution < 1.29 is 9.53 Å². The van der Waals surface area contributed by atoms with Crippen molar-refractivity contribution in [2.75, 3.05) is 20.2 Å². The molecule has 0 bridgehead atoms. The number of carbonyl (C=O) groups is 1. The molecule has 0 radical (unpaired) electrons. The predicted molar refractivity (Wildman–Crippen MR) is 87.0 cm³/mol. The molecule has 1 saturated heterocycles. The third kappa shape index (κ3) is 4.85. The second-order valence-electron chi connectivity index (χ2n) is 5.19. The van der Waals surface area contributed by atoms with Gasteiger partial charge >= 0.3 is 0 Å². The molecule has 1 aromatic rings. The second kappa shape index (κ2) is 8.59. The average molecular weight is 333 g/mol. The van der Waals surface area contributed by atoms with Crippen molar-refractivity contribution in [2.45, 2.75) is 25.5 Å². The van der Waals surface area contributed by atoms with Crippen LogP contribution in [0.25, 0.3) is 0 Å². The highest BCUT2D eigenvalue weighted by molar-refractivity contribution is 6.30. The maximum atomic E-state index is 12.1. The van der Waals surface area contributed by atoms with Crippen LogP contribution in [0.4, 0.5) is 0 Å². The molecule has 1 fully saturated rings. The summed E-state index contributed by atoms with van der Waals surface area (Å²) in [6.07, 6.45) is 0.725. The normalized spacial score (nSPS) is 20.4. The topological polar surface area (TPSA) is 50.4 Å². The van der Waals surface area contributed by atoms with Gasteiger partial charge in [0.1, 0.15) is 6.10 Å². The largest absolute Gasteiger partial charge is 0.375 e. The summed E-state index contributed by atoms with van der Waals surface area (Å²) in [5, 5.41) is 6.94. The van der Waals surface area contributed by atoms with E-state index in [1.54, 1.807) is 7.11 Å². The van der Waals surface area contributed by atoms with E-state index in [9.17, 15) is 4.79 Å². The summed E-state index contributed by atoms with van der Waals surface area (Å²) in [7, 11) is 1.65. The number of rotatable bonds is 5. The lowest BCUT2D eigenvalue weighted by Crippen LogP contribution is -2.41. The molecule has 1 aliphatic rings. The minimum atomic E-state index is -0.175. The third-order valence-electron chi connectivity index (χ3n) is 3.71. The zero-order valence-electron chi connectivity index (χ0n) is 12.3. The fraction of sp³-hybridized carbons (Fsp3) is 0.533. The number of methoxy groups -OCH3 is 1. The van der Waals surface area contributed by atoms with Gasteiger partial charge in [-0.05, 0) is 37.6 Å². The van der Waals surface area contributed by atoms with Crippen LogP contribution in [0.5, 0.6) is 0 Å². The molecule has 0 spiro atoms. The Morgan fingerprint density at radius 1 is 1.43 bits per heavy atom. The van der Waals surface area contributed by atoms with E-state index in [-0.39, 0.29) is 36.4 Å². The molecule has 3 atom stereocenters. The molecule has 2 rings (SSSR count). The molecule has 1 heterocycles. The number of hydrogen-bond acceptors (Lipinski definition) is 3. The zero-order chi connectivity index (χ0) is 14.5. The van der Waals surface area contributed by atoms with Crippen molar-refractivity contribution >= 4 is 29.9 Å². The van der Waals surface area contributed by atoms with Gasteiger partial charge in [-0.15, -0.1) is 12.4 Å². The van der Waals surface area contributed by atoms with Gasteiger partial charge in [0.2, 0.25) is 5.91 Å². The van der Waals surface area contributed by atoms with Crippen LogP contribution in [0.1, 0.15) is 25.0 Å². The lowest BCUT2D eigenvalue weighted by atomic mass is 10.0. The SMILES string of the molecule is COC(c1ccc(Cl)cc1)C(C)NC(=O)C1CCNC1.Cl. The van der Waals surface area contributed by atoms with E-state index in [0.717, 1.165) is 25.1 Å². The smallest absolute Gasteiger partial charge is 0.224 e. The molecule has 4 nitrogen and oxygen atoms in total. The fourth-order valence-electron chi connectivity index (χ4n) is 2.58. The van der Waals surface area contributed by atoms with Crippen molar-refractivity contribution in [3.05, 3.63) is 34.9 Å². The van der Waals surface area contributed by atoms with Gasteiger partial charge in [0.25, 0.3) is 0 Å². The summed E-state index contributed by atoms with van der Waals surface area (Å²) in [5.41, 5.74) is 1.01. The van der Waals surface area contributed by atoms with Crippen LogP contribution >= 0.6 is 24.0 Å². The number of amides is 1. The molecule has 0 aliphatic carbocycles. The number of nitrogens with one attached hydrogen (secondary N) is 2. The van der Waals surface area contributed by atoms with E-state index in [0.29, 0.717) is 5.02 Å². The molecule has 2 N–H and O–H groups in total. The van der Waals surface area contributed by atoms with Crippen LogP contribution in [-0.2, 0) is 9.53 Å². The number of benzene rings is 1. The Morgan fingerprint density at radius 2 is 2.10 bits per heavy atom. The van der Waals surface area contributed by atoms with Crippen LogP contribution in [0.2, 0.25) is 5.02 Å². The van der Waals surface area contributed by atoms with Crippen molar-refractivity contribution in [3.63, 3.8) is 0 Å². The Balaban J connectivity index is 0.00000220. The summed E-state index contributed by atoms with van der Waals surface area (Å²) in [6.45, 7) is 3.64. The summed E-state index contributed by atoms with van der Waals surface area (Å²) in [5.74, 6) is 0.165. The van der Waals surface area contributed by atoms with Crippen LogP contribution in [-0.4, -0.2) is 32.1 Å². The molecule has 3 unspecified atom stereocenters. The first-order valence-corrected chi connectivity index (χ1v) is 7.29. The van der Waals surface area contributed by atoms with Gasteiger partial charge in [-0.3, -0.25) is 4.79 Å². The molecule has 1 aromatic carbocycles. The van der Waals surface area contributed by atoms with Crippen LogP contribution in [0, 0.1) is 5.92 Å². The van der Waals surface area contributed by atoms with Crippen LogP contribution < -0.4 is 10.6 Å². The van der Waals surface area contributed by atoms with Crippen molar-refractivity contribution in [2.24, 2.45) is 5.92 Å². The molecule has 118 valence electrons. The predicted octanol–water partition coefficient (Wildman–Crippen LogP) is 2.56. The van der Waals surface area contributed by atoms with Gasteiger partial charge in [-0.25, -0.2) is 0 Å². The monoisotopic (exact) mass is 332 g/mol. The standard InChI is InChI=1S/C15H21ClN2O2.ClH/c1-10(18-15(19)12-7-8-17-9-12)14(20-2)11-3-5-13(16)6-4-11;/h3-6,10,12,14,17H,7-9H2,1-2H3,(H,18,19);1H. The van der Waals surface area contributed by atoms with Gasteiger partial charge in [0.05, 0.1) is 12.0 Å². The molecule has 0 saturated carbocycles. The number of hydrogen-bond donors (Lipinski definition) is 2. The highest BCUT2D eigenvalue weighted by atomic mass is 35.5. The molecular formula is C15H22Cl2N2O2. The number of halogens is 2. The average Bonchev–Trinajstić information content (AvgIpc) is 2.96. The molecule has 6 heteroatoms. The highest BCUT2D eigenvalue weighted by Crippen LogP contribution is 2.23. The zero-order valence-corrected chi connectivity index (χ0v) is 13.8. The number of ether oxygens (including phenoxy) is 1. The summed E-state index contributed by atoms with van der Waals surface area (Å²) in [4.78, 5) is 12.1. The first-order valence-electron chi connectivity index (χ1n) is 6.91. The maximum absolute atomic E-state index is 12.1. The lowest BCUT2D eigenvalue weighted by molar-refractivity contribution is -0.126. The number of carbonyl (C=O) groups excluding carboxylic acids is 1. The Morgan fingerprint density at radius 3 is 2.62 bits per heavy atom. The Labute approximate surface area is 137 Å². The summed E-state index contributed by atoms with van der Waals surface area (Å²) in [6, 6.07) is 7.43. The Bertz CT molecular complexity index is 447. The van der Waals surface area contributed by atoms with Crippen LogP contribution in [0.15, 0.2) is 24.3 Å². The van der Waals surface area contributed by atoms with E-state index in [1.165, 1.54) is 0 Å². The fourth-order valence-corrected chi connectivity index (χ4v) is 2.70. The van der Waals surface area contributed by atoms with Gasteiger partial charge in [-0.1, -0.05) is 23.7 Å². The van der Waals surface area contributed by atoms with E-state index in [4.69, 9.17) is 16.3 Å². The van der Waals surface area contributed by atoms with Gasteiger partial charge in [0, 0.05) is 18.7 Å². The molecule has 1 amide bonds. The second-order valence-corrected chi connectivity index (χ2v) is 5.63. The summed E-state index contributed by atoms with van der Waals surface area (Å²) >= 11 is 5.89. The quantitative estimate of drug-likeness (QED) is 0.871. The lowest BCUT2D eigenvalue weighted by Gasteiger charge is -2.25. The minimum Gasteiger partial charge on any atom is -0.375 e. The van der Waals surface area contributed by atoms with E-state index in [2.05, 4.69) is 10.6 Å². The minimum absolute atomic E-state index is 0. The third-order valence-corrected chi connectivity index (χ3v) is 3.96.